The fourth-order valence-corrected chi connectivity index (χ4v) is 31.1. The van der Waals surface area contributed by atoms with Crippen LogP contribution >= 0.6 is 21.8 Å². The van der Waals surface area contributed by atoms with Crippen LogP contribution in [0.4, 0.5) is 0 Å². The van der Waals surface area contributed by atoms with E-state index in [4.69, 9.17) is 0 Å². The zero-order chi connectivity index (χ0) is 84.6. The van der Waals surface area contributed by atoms with Gasteiger partial charge in [0.15, 0.2) is 34.7 Å². The van der Waals surface area contributed by atoms with E-state index in [2.05, 4.69) is 273 Å². The summed E-state index contributed by atoms with van der Waals surface area (Å²) in [7, 11) is -5.16. The van der Waals surface area contributed by atoms with Crippen LogP contribution in [0.25, 0.3) is 0 Å². The Kier molecular flexibility index (Phi) is 38.4. The van der Waals surface area contributed by atoms with Gasteiger partial charge in [-0.1, -0.05) is 302 Å². The Labute approximate surface area is 722 Å². The van der Waals surface area contributed by atoms with Crippen molar-refractivity contribution in [2.24, 2.45) is 17.8 Å². The topological polar surface area (TPSA) is 102 Å². The molecule has 0 saturated heterocycles. The molecule has 0 aromatic heterocycles. The maximum absolute atomic E-state index is 12.6. The van der Waals surface area contributed by atoms with E-state index in [0.29, 0.717) is 22.3 Å². The van der Waals surface area contributed by atoms with Gasteiger partial charge in [-0.15, -0.1) is 0 Å². The molecule has 0 radical (unpaired) electrons. The Bertz CT molecular complexity index is 4560. The molecule has 0 atom stereocenters. The van der Waals surface area contributed by atoms with Crippen molar-refractivity contribution in [3.63, 3.8) is 0 Å². The van der Waals surface area contributed by atoms with Crippen LogP contribution in [-0.4, -0.2) is 53.2 Å². The fraction of sp³-hybridized carbons (Fsp3) is 0.351. The Morgan fingerprint density at radius 3 is 0.742 bits per heavy atom. The largest absolute Gasteiger partial charge is 0.290 e. The smallest absolute Gasteiger partial charge is 0.185 e. The first kappa shape index (κ1) is 93.0. The predicted molar refractivity (Wildman–Crippen MR) is 518 cm³/mol. The highest BCUT2D eigenvalue weighted by atomic mass is 31.2. The molecule has 0 amide bonds. The van der Waals surface area contributed by atoms with Gasteiger partial charge < -0.3 is 0 Å². The minimum absolute atomic E-state index is 0.0165. The van der Waals surface area contributed by atoms with E-state index in [1.165, 1.54) is 200 Å². The second-order valence-electron chi connectivity index (χ2n) is 33.8. The third-order valence-electron chi connectivity index (χ3n) is 24.3. The molecule has 0 N–H and O–H groups in total. The maximum Gasteiger partial charge on any atom is 0.185 e. The van der Waals surface area contributed by atoms with Crippen molar-refractivity contribution < 1.29 is 28.8 Å². The van der Waals surface area contributed by atoms with Gasteiger partial charge in [-0.3, -0.25) is 28.8 Å². The molecule has 9 heteroatoms. The van der Waals surface area contributed by atoms with E-state index in [1.54, 1.807) is 18.2 Å². The molecule has 0 heterocycles. The van der Waals surface area contributed by atoms with Crippen LogP contribution in [-0.2, 0) is 28.8 Å². The molecule has 624 valence electrons. The van der Waals surface area contributed by atoms with Gasteiger partial charge in [0, 0.05) is 33.4 Å². The van der Waals surface area contributed by atoms with Gasteiger partial charge >= 0.3 is 0 Å². The summed E-state index contributed by atoms with van der Waals surface area (Å²) < 4.78 is 0. The summed E-state index contributed by atoms with van der Waals surface area (Å²) in [5.74, 6) is 0.441. The third kappa shape index (κ3) is 26.1. The number of benzene rings is 9. The molecule has 3 aliphatic carbocycles. The SMILES string of the molecule is CC(C)C1=C(CCCCCCCCCC[P+](c2ccccc2)(c2ccccc2)c2ccccc2)C(=O)C=CC1=O.CC(C)C1=CC(=O)C(CCCCCCCCCC[P+](c2ccccc2)(c2ccccc2)c2ccccc2)=CC1=O.CC(C)C1=CC(=O)C=C(CCCCCCCCCC[P+](c2ccccc2)(c2ccccc2)c2ccccc2)C1=O. The van der Waals surface area contributed by atoms with Crippen LogP contribution < -0.4 is 47.7 Å². The molecule has 9 aromatic carbocycles. The van der Waals surface area contributed by atoms with E-state index in [1.807, 2.05) is 41.5 Å². The molecule has 0 unspecified atom stereocenters. The van der Waals surface area contributed by atoms with Crippen molar-refractivity contribution in [3.8, 4) is 0 Å². The van der Waals surface area contributed by atoms with Crippen molar-refractivity contribution in [1.82, 2.24) is 0 Å². The highest BCUT2D eigenvalue weighted by molar-refractivity contribution is 7.96. The van der Waals surface area contributed by atoms with Crippen LogP contribution in [0.15, 0.2) is 343 Å². The molecule has 9 aromatic rings. The van der Waals surface area contributed by atoms with Crippen LogP contribution in [0.1, 0.15) is 215 Å². The van der Waals surface area contributed by atoms with Crippen molar-refractivity contribution in [2.45, 2.75) is 215 Å². The number of ketones is 6. The van der Waals surface area contributed by atoms with Gasteiger partial charge in [0.05, 0.1) is 18.5 Å². The Hall–Kier alpha value is -9.27. The lowest BCUT2D eigenvalue weighted by atomic mass is 9.85. The average molecular weight is 1660 g/mol. The second-order valence-corrected chi connectivity index (χ2v) is 44.6. The van der Waals surface area contributed by atoms with E-state index in [-0.39, 0.29) is 52.5 Å². The number of Topliss-reactive ketones (excluding diaryl/α,β-unsaturated/α-hetero) is 1. The van der Waals surface area contributed by atoms with E-state index in [0.717, 1.165) is 68.9 Å². The van der Waals surface area contributed by atoms with Gasteiger partial charge in [0.25, 0.3) is 0 Å². The van der Waals surface area contributed by atoms with Crippen molar-refractivity contribution in [2.75, 3.05) is 18.5 Å². The minimum atomic E-state index is -1.72. The van der Waals surface area contributed by atoms with Gasteiger partial charge in [0.1, 0.15) is 69.5 Å². The molecule has 0 fully saturated rings. The van der Waals surface area contributed by atoms with Crippen LogP contribution in [0.2, 0.25) is 0 Å². The fourth-order valence-electron chi connectivity index (χ4n) is 17.9. The van der Waals surface area contributed by atoms with Crippen molar-refractivity contribution in [1.29, 1.82) is 0 Å². The number of rotatable bonds is 45. The summed E-state index contributed by atoms with van der Waals surface area (Å²) in [6.45, 7) is 11.9. The molecule has 0 saturated carbocycles. The summed E-state index contributed by atoms with van der Waals surface area (Å²) in [5.41, 5.74) is 4.19. The standard InChI is InChI=1S/3C37H44O2P/c1-30(2)37-34(35(38)27-28-36(37)39)26-18-7-5-3-4-6-8-19-29-40(31-20-12-9-13-21-31,32-22-14-10-15-23-32)33-24-16-11-17-25-33;1-30(2)36-29-32(38)28-31(37(36)39)20-12-7-5-3-4-6-8-19-27-40(33-21-13-9-14-22-33,34-23-15-10-16-24-34)35-25-17-11-18-26-35;1-30(2)35-29-36(38)31(28-37(35)39)20-12-7-5-3-4-6-8-19-27-40(32-21-13-9-14-22-32,33-23-15-10-16-24-33)34-25-17-11-18-26-34/h9-17,20-25,27-28,30H,3-8,18-19,26,29H2,1-2H3;2*9-11,13-18,21-26,28-30H,3-8,12,19-20,27H2,1-2H3/q3*+1. The zero-order valence-corrected chi connectivity index (χ0v) is 75.4. The van der Waals surface area contributed by atoms with E-state index in [9.17, 15) is 28.8 Å². The van der Waals surface area contributed by atoms with Gasteiger partial charge in [-0.05, 0) is 240 Å². The van der Waals surface area contributed by atoms with E-state index >= 15 is 0 Å². The Balaban J connectivity index is 0.000000189. The van der Waals surface area contributed by atoms with Gasteiger partial charge in [-0.25, -0.2) is 0 Å². The van der Waals surface area contributed by atoms with Crippen LogP contribution in [0, 0.1) is 17.8 Å². The number of hydrogen-bond donors (Lipinski definition) is 0. The molecule has 0 spiro atoms. The molecular formula is C111H132O6P3+3. The lowest BCUT2D eigenvalue weighted by Crippen LogP contribution is -2.33. The van der Waals surface area contributed by atoms with Crippen LogP contribution in [0.5, 0.6) is 0 Å². The first-order chi connectivity index (χ1) is 58.6. The number of carbonyl (C=O) groups is 6. The Morgan fingerprint density at radius 1 is 0.217 bits per heavy atom. The molecule has 120 heavy (non-hydrogen) atoms. The van der Waals surface area contributed by atoms with Crippen molar-refractivity contribution in [3.05, 3.63) is 343 Å². The number of unbranched alkanes of at least 4 members (excludes halogenated alkanes) is 21. The second kappa shape index (κ2) is 49.6. The Morgan fingerprint density at radius 2 is 0.467 bits per heavy atom. The monoisotopic (exact) mass is 1650 g/mol. The highest BCUT2D eigenvalue weighted by Gasteiger charge is 2.47. The quantitative estimate of drug-likeness (QED) is 0.0214. The predicted octanol–water partition coefficient (Wildman–Crippen LogP) is 24.5. The minimum Gasteiger partial charge on any atom is -0.290 e. The molecule has 6 nitrogen and oxygen atoms in total. The third-order valence-corrected chi connectivity index (χ3v) is 37.9. The van der Waals surface area contributed by atoms with Gasteiger partial charge in [-0.2, -0.15) is 0 Å². The maximum atomic E-state index is 12.6. The summed E-state index contributed by atoms with van der Waals surface area (Å²) in [6, 6.07) is 101. The van der Waals surface area contributed by atoms with Crippen molar-refractivity contribution >= 4 is 104 Å². The highest BCUT2D eigenvalue weighted by Crippen LogP contribution is 2.58. The summed E-state index contributed by atoms with van der Waals surface area (Å²) in [5, 5.41) is 13.2. The zero-order valence-electron chi connectivity index (χ0n) is 72.7. The lowest BCUT2D eigenvalue weighted by Gasteiger charge is -2.27. The molecule has 0 bridgehead atoms. The first-order valence-electron chi connectivity index (χ1n) is 45.2. The number of hydrogen-bond acceptors (Lipinski definition) is 6. The first-order valence-corrected chi connectivity index (χ1v) is 51.2. The number of carbonyl (C=O) groups excluding carboxylic acids is 6. The molecular weight excluding hydrogens is 1520 g/mol. The number of allylic oxidation sites excluding steroid dienone is 12. The molecule has 3 aliphatic rings. The summed E-state index contributed by atoms with van der Waals surface area (Å²) in [6.07, 6.45) is 43.4. The molecule has 0 aliphatic heterocycles. The summed E-state index contributed by atoms with van der Waals surface area (Å²) >= 11 is 0. The average Bonchev–Trinajstić information content (AvgIpc) is 0.766. The lowest BCUT2D eigenvalue weighted by molar-refractivity contribution is -0.115. The van der Waals surface area contributed by atoms with Crippen LogP contribution in [0.3, 0.4) is 0 Å². The molecule has 12 rings (SSSR count). The van der Waals surface area contributed by atoms with Gasteiger partial charge in [0.2, 0.25) is 0 Å². The van der Waals surface area contributed by atoms with E-state index < -0.39 is 21.8 Å². The normalized spacial score (nSPS) is 13.9. The summed E-state index contributed by atoms with van der Waals surface area (Å²) in [4.78, 5) is 73.9.